The largest absolute Gasteiger partial charge is 0.488 e. The van der Waals surface area contributed by atoms with Crippen LogP contribution in [0.4, 0.5) is 0 Å². The van der Waals surface area contributed by atoms with E-state index in [2.05, 4.69) is 4.98 Å². The highest BCUT2D eigenvalue weighted by atomic mass is 16.5. The van der Waals surface area contributed by atoms with Crippen LogP contribution >= 0.6 is 0 Å². The van der Waals surface area contributed by atoms with E-state index >= 15 is 0 Å². The number of furan rings is 1. The molecule has 0 bridgehead atoms. The summed E-state index contributed by atoms with van der Waals surface area (Å²) < 4.78 is 12.1. The average Bonchev–Trinajstić information content (AvgIpc) is 3.15. The molecule has 158 valence electrons. The maximum atomic E-state index is 12.3. The van der Waals surface area contributed by atoms with Gasteiger partial charge in [-0.15, -0.1) is 0 Å². The highest BCUT2D eigenvalue weighted by Gasteiger charge is 2.21. The Bertz CT molecular complexity index is 1470. The van der Waals surface area contributed by atoms with Gasteiger partial charge in [-0.3, -0.25) is 4.98 Å². The fourth-order valence-electron chi connectivity index (χ4n) is 3.91. The van der Waals surface area contributed by atoms with E-state index < -0.39 is 5.97 Å². The van der Waals surface area contributed by atoms with Crippen LogP contribution in [0.5, 0.6) is 5.75 Å². The Balaban J connectivity index is 1.68. The monoisotopic (exact) mass is 424 g/mol. The van der Waals surface area contributed by atoms with Gasteiger partial charge in [0.2, 0.25) is 0 Å². The van der Waals surface area contributed by atoms with E-state index in [1.54, 1.807) is 24.5 Å². The first-order chi connectivity index (χ1) is 15.5. The van der Waals surface area contributed by atoms with Crippen molar-refractivity contribution in [2.24, 2.45) is 0 Å². The van der Waals surface area contributed by atoms with E-state index in [9.17, 15) is 9.90 Å². The lowest BCUT2D eigenvalue weighted by atomic mass is 10.0. The molecule has 0 aliphatic carbocycles. The molecule has 5 rings (SSSR count). The molecule has 3 heterocycles. The standard InChI is InChI=1S/C26H20N2O4/c1-15-9-10-22(31-14-17-6-5-11-27-13-17)23-19(26(29)30)12-20(28-24(15)23)25-16(2)18-7-3-4-8-21(18)32-25/h3-13H,14H2,1-2H3,(H,29,30). The number of aromatic carboxylic acids is 1. The van der Waals surface area contributed by atoms with Gasteiger partial charge in [0.25, 0.3) is 0 Å². The Kier molecular flexibility index (Phi) is 4.82. The normalized spacial score (nSPS) is 11.2. The first-order valence-electron chi connectivity index (χ1n) is 10.2. The number of carbonyl (C=O) groups is 1. The predicted octanol–water partition coefficient (Wildman–Crippen LogP) is 5.94. The van der Waals surface area contributed by atoms with Crippen molar-refractivity contribution in [1.82, 2.24) is 9.97 Å². The van der Waals surface area contributed by atoms with Crippen molar-refractivity contribution < 1.29 is 19.1 Å². The highest BCUT2D eigenvalue weighted by molar-refractivity contribution is 6.07. The number of benzene rings is 2. The van der Waals surface area contributed by atoms with Gasteiger partial charge in [-0.1, -0.05) is 30.3 Å². The first kappa shape index (κ1) is 19.8. The first-order valence-corrected chi connectivity index (χ1v) is 10.2. The van der Waals surface area contributed by atoms with E-state index in [0.717, 1.165) is 27.7 Å². The third kappa shape index (κ3) is 3.36. The number of para-hydroxylation sites is 1. The van der Waals surface area contributed by atoms with Crippen molar-refractivity contribution in [3.63, 3.8) is 0 Å². The number of aromatic nitrogens is 2. The SMILES string of the molecule is Cc1c(-c2cc(C(=O)O)c3c(OCc4cccnc4)ccc(C)c3n2)oc2ccccc12. The second kappa shape index (κ2) is 7.81. The van der Waals surface area contributed by atoms with Crippen molar-refractivity contribution in [2.45, 2.75) is 20.5 Å². The molecule has 32 heavy (non-hydrogen) atoms. The summed E-state index contributed by atoms with van der Waals surface area (Å²) in [6, 6.07) is 16.7. The zero-order valence-corrected chi connectivity index (χ0v) is 17.6. The van der Waals surface area contributed by atoms with Gasteiger partial charge >= 0.3 is 5.97 Å². The Labute approximate surface area is 184 Å². The Morgan fingerprint density at radius 2 is 1.94 bits per heavy atom. The van der Waals surface area contributed by atoms with E-state index in [0.29, 0.717) is 28.1 Å². The molecule has 5 aromatic rings. The molecule has 6 nitrogen and oxygen atoms in total. The summed E-state index contributed by atoms with van der Waals surface area (Å²) in [5, 5.41) is 11.5. The van der Waals surface area contributed by atoms with Crippen LogP contribution in [0, 0.1) is 13.8 Å². The van der Waals surface area contributed by atoms with Crippen LogP contribution < -0.4 is 4.74 Å². The van der Waals surface area contributed by atoms with Gasteiger partial charge in [-0.05, 0) is 43.7 Å². The topological polar surface area (TPSA) is 85.5 Å². The van der Waals surface area contributed by atoms with Crippen LogP contribution in [0.15, 0.2) is 71.4 Å². The minimum Gasteiger partial charge on any atom is -0.488 e. The van der Waals surface area contributed by atoms with Gasteiger partial charge in [-0.25, -0.2) is 9.78 Å². The molecule has 0 atom stereocenters. The van der Waals surface area contributed by atoms with Crippen molar-refractivity contribution in [3.8, 4) is 17.2 Å². The van der Waals surface area contributed by atoms with Crippen molar-refractivity contribution in [2.75, 3.05) is 0 Å². The number of aryl methyl sites for hydroxylation is 2. The lowest BCUT2D eigenvalue weighted by Crippen LogP contribution is -2.04. The van der Waals surface area contributed by atoms with Crippen LogP contribution in [0.3, 0.4) is 0 Å². The fraction of sp³-hybridized carbons (Fsp3) is 0.115. The second-order valence-electron chi connectivity index (χ2n) is 7.67. The van der Waals surface area contributed by atoms with Gasteiger partial charge < -0.3 is 14.3 Å². The maximum absolute atomic E-state index is 12.3. The van der Waals surface area contributed by atoms with E-state index in [-0.39, 0.29) is 12.2 Å². The fourth-order valence-corrected chi connectivity index (χ4v) is 3.91. The molecule has 2 aromatic carbocycles. The summed E-state index contributed by atoms with van der Waals surface area (Å²) in [7, 11) is 0. The van der Waals surface area contributed by atoms with Gasteiger partial charge in [0.15, 0.2) is 5.76 Å². The van der Waals surface area contributed by atoms with Crippen molar-refractivity contribution in [1.29, 1.82) is 0 Å². The number of nitrogens with zero attached hydrogens (tertiary/aromatic N) is 2. The Morgan fingerprint density at radius 3 is 2.69 bits per heavy atom. The summed E-state index contributed by atoms with van der Waals surface area (Å²) in [4.78, 5) is 21.2. The summed E-state index contributed by atoms with van der Waals surface area (Å²) in [6.45, 7) is 4.13. The summed E-state index contributed by atoms with van der Waals surface area (Å²) in [5.74, 6) is -0.0202. The number of hydrogen-bond acceptors (Lipinski definition) is 5. The number of carboxylic acids is 1. The Morgan fingerprint density at radius 1 is 1.09 bits per heavy atom. The molecule has 0 saturated carbocycles. The van der Waals surface area contributed by atoms with Gasteiger partial charge in [-0.2, -0.15) is 0 Å². The number of hydrogen-bond donors (Lipinski definition) is 1. The lowest BCUT2D eigenvalue weighted by molar-refractivity contribution is 0.0698. The van der Waals surface area contributed by atoms with E-state index in [4.69, 9.17) is 14.1 Å². The Hall–Kier alpha value is -4.19. The molecule has 0 saturated heterocycles. The molecule has 1 N–H and O–H groups in total. The van der Waals surface area contributed by atoms with Gasteiger partial charge in [0.1, 0.15) is 23.6 Å². The number of fused-ring (bicyclic) bond motifs is 2. The molecule has 0 spiro atoms. The quantitative estimate of drug-likeness (QED) is 0.376. The molecule has 0 unspecified atom stereocenters. The molecule has 0 amide bonds. The van der Waals surface area contributed by atoms with Crippen molar-refractivity contribution in [3.05, 3.63) is 89.2 Å². The summed E-state index contributed by atoms with van der Waals surface area (Å²) in [6.07, 6.45) is 3.41. The second-order valence-corrected chi connectivity index (χ2v) is 7.67. The average molecular weight is 424 g/mol. The molecular weight excluding hydrogens is 404 g/mol. The molecule has 0 radical (unpaired) electrons. The minimum atomic E-state index is -1.05. The van der Waals surface area contributed by atoms with Crippen LogP contribution in [-0.2, 0) is 6.61 Å². The maximum Gasteiger partial charge on any atom is 0.336 e. The molecule has 6 heteroatoms. The zero-order chi connectivity index (χ0) is 22.2. The van der Waals surface area contributed by atoms with E-state index in [1.165, 1.54) is 0 Å². The van der Waals surface area contributed by atoms with Gasteiger partial charge in [0.05, 0.1) is 16.5 Å². The third-order valence-corrected chi connectivity index (χ3v) is 5.55. The molecule has 0 aliphatic rings. The molecular formula is C26H20N2O4. The number of ether oxygens (including phenoxy) is 1. The van der Waals surface area contributed by atoms with Crippen molar-refractivity contribution >= 4 is 27.8 Å². The van der Waals surface area contributed by atoms with Crippen LogP contribution in [0.2, 0.25) is 0 Å². The minimum absolute atomic E-state index is 0.120. The predicted molar refractivity (Wildman–Crippen MR) is 122 cm³/mol. The van der Waals surface area contributed by atoms with Crippen LogP contribution in [0.25, 0.3) is 33.3 Å². The third-order valence-electron chi connectivity index (χ3n) is 5.55. The number of pyridine rings is 2. The lowest BCUT2D eigenvalue weighted by Gasteiger charge is -2.14. The zero-order valence-electron chi connectivity index (χ0n) is 17.6. The summed E-state index contributed by atoms with van der Waals surface area (Å²) in [5.41, 5.74) is 4.58. The highest BCUT2D eigenvalue weighted by Crippen LogP contribution is 2.37. The smallest absolute Gasteiger partial charge is 0.336 e. The molecule has 3 aromatic heterocycles. The van der Waals surface area contributed by atoms with E-state index in [1.807, 2.05) is 56.3 Å². The van der Waals surface area contributed by atoms with Crippen LogP contribution in [0.1, 0.15) is 27.0 Å². The molecule has 0 aliphatic heterocycles. The number of rotatable bonds is 5. The van der Waals surface area contributed by atoms with Crippen LogP contribution in [-0.4, -0.2) is 21.0 Å². The number of carboxylic acid groups (broad SMARTS) is 1. The van der Waals surface area contributed by atoms with Gasteiger partial charge in [0, 0.05) is 28.9 Å². The summed E-state index contributed by atoms with van der Waals surface area (Å²) >= 11 is 0. The molecule has 0 fully saturated rings.